The third-order valence-corrected chi connectivity index (χ3v) is 5.76. The SMILES string of the molecule is COc1cc(/C=C2\N=C(c3ccccc3Br)OC2=O)cc(Br)c1OC(=O)c1ccccc1. The van der Waals surface area contributed by atoms with E-state index in [0.29, 0.717) is 26.9 Å². The van der Waals surface area contributed by atoms with Gasteiger partial charge in [-0.1, -0.05) is 30.3 Å². The van der Waals surface area contributed by atoms with Gasteiger partial charge < -0.3 is 14.2 Å². The fourth-order valence-electron chi connectivity index (χ4n) is 2.96. The van der Waals surface area contributed by atoms with Crippen molar-refractivity contribution in [1.82, 2.24) is 0 Å². The van der Waals surface area contributed by atoms with E-state index in [0.717, 1.165) is 4.47 Å². The largest absolute Gasteiger partial charge is 0.493 e. The number of methoxy groups -OCH3 is 1. The van der Waals surface area contributed by atoms with E-state index in [1.807, 2.05) is 24.3 Å². The highest BCUT2D eigenvalue weighted by Crippen LogP contribution is 2.38. The first-order chi connectivity index (χ1) is 15.5. The Morgan fingerprint density at radius 3 is 2.44 bits per heavy atom. The van der Waals surface area contributed by atoms with Crippen molar-refractivity contribution in [1.29, 1.82) is 0 Å². The Bertz CT molecular complexity index is 1270. The zero-order chi connectivity index (χ0) is 22.7. The Morgan fingerprint density at radius 2 is 1.72 bits per heavy atom. The van der Waals surface area contributed by atoms with Crippen LogP contribution in [0.4, 0.5) is 0 Å². The highest BCUT2D eigenvalue weighted by atomic mass is 79.9. The molecule has 0 saturated heterocycles. The van der Waals surface area contributed by atoms with Crippen LogP contribution >= 0.6 is 31.9 Å². The number of rotatable bonds is 5. The Hall–Kier alpha value is -3.23. The van der Waals surface area contributed by atoms with Crippen LogP contribution in [0.15, 0.2) is 86.4 Å². The number of hydrogen-bond donors (Lipinski definition) is 0. The minimum atomic E-state index is -0.564. The molecule has 6 nitrogen and oxygen atoms in total. The van der Waals surface area contributed by atoms with Gasteiger partial charge in [0.05, 0.1) is 22.7 Å². The lowest BCUT2D eigenvalue weighted by Crippen LogP contribution is -2.09. The molecule has 0 amide bonds. The van der Waals surface area contributed by atoms with Gasteiger partial charge in [0, 0.05) is 4.47 Å². The quantitative estimate of drug-likeness (QED) is 0.226. The molecule has 0 aliphatic carbocycles. The molecule has 0 bridgehead atoms. The fraction of sp³-hybridized carbons (Fsp3) is 0.0417. The summed E-state index contributed by atoms with van der Waals surface area (Å²) in [6.07, 6.45) is 1.57. The van der Waals surface area contributed by atoms with Crippen LogP contribution in [0.2, 0.25) is 0 Å². The number of carbonyl (C=O) groups is 2. The molecule has 0 saturated carbocycles. The maximum Gasteiger partial charge on any atom is 0.363 e. The third kappa shape index (κ3) is 4.66. The van der Waals surface area contributed by atoms with E-state index in [2.05, 4.69) is 36.9 Å². The number of hydrogen-bond acceptors (Lipinski definition) is 6. The van der Waals surface area contributed by atoms with Crippen molar-refractivity contribution in [2.24, 2.45) is 4.99 Å². The summed E-state index contributed by atoms with van der Waals surface area (Å²) in [6.45, 7) is 0. The molecule has 0 aromatic heterocycles. The number of benzene rings is 3. The van der Waals surface area contributed by atoms with E-state index in [1.54, 1.807) is 48.5 Å². The number of carbonyl (C=O) groups excluding carboxylic acids is 2. The van der Waals surface area contributed by atoms with E-state index >= 15 is 0 Å². The molecule has 0 radical (unpaired) electrons. The molecule has 0 spiro atoms. The van der Waals surface area contributed by atoms with Crippen LogP contribution in [0.1, 0.15) is 21.5 Å². The van der Waals surface area contributed by atoms with Crippen molar-refractivity contribution in [3.8, 4) is 11.5 Å². The molecule has 1 heterocycles. The summed E-state index contributed by atoms with van der Waals surface area (Å²) in [4.78, 5) is 29.1. The first-order valence-corrected chi connectivity index (χ1v) is 11.0. The van der Waals surface area contributed by atoms with E-state index < -0.39 is 11.9 Å². The first-order valence-electron chi connectivity index (χ1n) is 9.38. The predicted molar refractivity (Wildman–Crippen MR) is 127 cm³/mol. The molecule has 0 unspecified atom stereocenters. The first kappa shape index (κ1) is 22.0. The van der Waals surface area contributed by atoms with Crippen LogP contribution in [-0.4, -0.2) is 24.9 Å². The zero-order valence-corrected chi connectivity index (χ0v) is 19.8. The van der Waals surface area contributed by atoms with Gasteiger partial charge in [0.15, 0.2) is 17.2 Å². The molecule has 1 aliphatic rings. The number of ether oxygens (including phenoxy) is 3. The second-order valence-electron chi connectivity index (χ2n) is 6.61. The molecular weight excluding hydrogens is 542 g/mol. The lowest BCUT2D eigenvalue weighted by atomic mass is 10.1. The summed E-state index contributed by atoms with van der Waals surface area (Å²) in [5.41, 5.74) is 1.83. The van der Waals surface area contributed by atoms with Crippen LogP contribution in [0.5, 0.6) is 11.5 Å². The smallest absolute Gasteiger partial charge is 0.363 e. The Kier molecular flexibility index (Phi) is 6.53. The van der Waals surface area contributed by atoms with E-state index in [1.165, 1.54) is 7.11 Å². The normalized spacial score (nSPS) is 14.2. The summed E-state index contributed by atoms with van der Waals surface area (Å²) >= 11 is 6.85. The van der Waals surface area contributed by atoms with Crippen molar-refractivity contribution in [3.63, 3.8) is 0 Å². The van der Waals surface area contributed by atoms with Gasteiger partial charge in [-0.2, -0.15) is 0 Å². The van der Waals surface area contributed by atoms with E-state index in [9.17, 15) is 9.59 Å². The predicted octanol–water partition coefficient (Wildman–Crippen LogP) is 5.78. The average Bonchev–Trinajstić information content (AvgIpc) is 3.15. The van der Waals surface area contributed by atoms with Crippen LogP contribution in [-0.2, 0) is 9.53 Å². The van der Waals surface area contributed by atoms with Crippen molar-refractivity contribution < 1.29 is 23.8 Å². The molecule has 0 fully saturated rings. The van der Waals surface area contributed by atoms with Crippen LogP contribution in [0, 0.1) is 0 Å². The highest BCUT2D eigenvalue weighted by Gasteiger charge is 2.26. The maximum atomic E-state index is 12.4. The Balaban J connectivity index is 1.64. The summed E-state index contributed by atoms with van der Waals surface area (Å²) in [6, 6.07) is 19.3. The lowest BCUT2D eigenvalue weighted by Gasteiger charge is -2.12. The maximum absolute atomic E-state index is 12.4. The summed E-state index contributed by atoms with van der Waals surface area (Å²) in [5, 5.41) is 0. The average molecular weight is 557 g/mol. The second-order valence-corrected chi connectivity index (χ2v) is 8.31. The molecule has 4 rings (SSSR count). The second kappa shape index (κ2) is 9.50. The summed E-state index contributed by atoms with van der Waals surface area (Å²) in [7, 11) is 1.46. The third-order valence-electron chi connectivity index (χ3n) is 4.48. The van der Waals surface area contributed by atoms with Crippen molar-refractivity contribution in [2.75, 3.05) is 7.11 Å². The number of esters is 2. The van der Waals surface area contributed by atoms with Crippen LogP contribution in [0.25, 0.3) is 6.08 Å². The summed E-state index contributed by atoms with van der Waals surface area (Å²) < 4.78 is 17.5. The fourth-order valence-corrected chi connectivity index (χ4v) is 3.96. The van der Waals surface area contributed by atoms with Crippen LogP contribution < -0.4 is 9.47 Å². The zero-order valence-electron chi connectivity index (χ0n) is 16.7. The van der Waals surface area contributed by atoms with Gasteiger partial charge in [0.2, 0.25) is 5.90 Å². The van der Waals surface area contributed by atoms with E-state index in [4.69, 9.17) is 14.2 Å². The van der Waals surface area contributed by atoms with Crippen molar-refractivity contribution >= 4 is 55.8 Å². The van der Waals surface area contributed by atoms with Gasteiger partial charge in [-0.3, -0.25) is 0 Å². The molecular formula is C24H15Br2NO5. The van der Waals surface area contributed by atoms with Crippen molar-refractivity contribution in [2.45, 2.75) is 0 Å². The molecule has 1 aliphatic heterocycles. The minimum Gasteiger partial charge on any atom is -0.493 e. The van der Waals surface area contributed by atoms with Gasteiger partial charge in [-0.05, 0) is 79.9 Å². The van der Waals surface area contributed by atoms with Gasteiger partial charge in [-0.15, -0.1) is 0 Å². The number of cyclic esters (lactones) is 1. The van der Waals surface area contributed by atoms with Crippen molar-refractivity contribution in [3.05, 3.63) is 98.1 Å². The topological polar surface area (TPSA) is 74.2 Å². The monoisotopic (exact) mass is 555 g/mol. The van der Waals surface area contributed by atoms with Gasteiger partial charge in [-0.25, -0.2) is 14.6 Å². The Labute approximate surface area is 200 Å². The molecule has 160 valence electrons. The van der Waals surface area contributed by atoms with E-state index in [-0.39, 0.29) is 17.3 Å². The molecule has 8 heteroatoms. The standard InChI is InChI=1S/C24H15Br2NO5/c1-30-20-13-14(11-18(26)21(20)31-23(28)15-7-3-2-4-8-15)12-19-24(29)32-22(27-19)16-9-5-6-10-17(16)25/h2-13H,1H3/b19-12-. The lowest BCUT2D eigenvalue weighted by molar-refractivity contribution is -0.129. The number of nitrogens with zero attached hydrogens (tertiary/aromatic N) is 1. The Morgan fingerprint density at radius 1 is 1.00 bits per heavy atom. The van der Waals surface area contributed by atoms with Gasteiger partial charge >= 0.3 is 11.9 Å². The van der Waals surface area contributed by atoms with Gasteiger partial charge in [0.25, 0.3) is 0 Å². The number of aliphatic imine (C=N–C) groups is 1. The minimum absolute atomic E-state index is 0.138. The summed E-state index contributed by atoms with van der Waals surface area (Å²) in [5.74, 6) is -0.317. The molecule has 0 atom stereocenters. The number of halogens is 2. The molecule has 3 aromatic rings. The van der Waals surface area contributed by atoms with Gasteiger partial charge in [0.1, 0.15) is 0 Å². The molecule has 0 N–H and O–H groups in total. The van der Waals surface area contributed by atoms with Crippen LogP contribution in [0.3, 0.4) is 0 Å². The highest BCUT2D eigenvalue weighted by molar-refractivity contribution is 9.10. The molecule has 32 heavy (non-hydrogen) atoms. The molecule has 3 aromatic carbocycles.